The molecule has 19 heteroatoms. The first-order chi connectivity index (χ1) is 8.93. The molecule has 0 heterocycles. The summed E-state index contributed by atoms with van der Waals surface area (Å²) in [5.74, 6) is -7.65. The molecule has 0 spiro atoms. The summed E-state index contributed by atoms with van der Waals surface area (Å²) in [6.45, 7) is 0. The molecule has 4 unspecified atom stereocenters. The van der Waals surface area contributed by atoms with Gasteiger partial charge < -0.3 is 72.3 Å². The fraction of sp³-hybridized carbons (Fsp3) is 0.500. The maximum Gasteiger partial charge on any atom is 1.00 e. The fourth-order valence-corrected chi connectivity index (χ4v) is 0.528. The Balaban J connectivity index is -0.0000000272. The van der Waals surface area contributed by atoms with E-state index in [0.29, 0.717) is 0 Å². The number of carbonyl (C=O) groups excluding carboxylic acids is 2. The Hall–Kier alpha value is 0.716. The number of carboxylic acid groups (broad SMARTS) is 4. The first-order valence-electron chi connectivity index (χ1n) is 4.53. The largest absolute Gasteiger partial charge is 1.00 e. The molecule has 0 aromatic carbocycles. The number of aliphatic carboxylic acids is 4. The molecule has 0 aromatic rings. The molecule has 156 valence electrons. The topological polar surface area (TPSA) is 362 Å². The predicted molar refractivity (Wildman–Crippen MR) is 63.8 cm³/mol. The molecule has 0 aromatic heterocycles. The van der Waals surface area contributed by atoms with Gasteiger partial charge in [0.1, 0.15) is 12.2 Å². The van der Waals surface area contributed by atoms with Gasteiger partial charge in [-0.1, -0.05) is 0 Å². The number of carboxylic acids is 4. The van der Waals surface area contributed by atoms with Gasteiger partial charge in [-0.15, -0.1) is 0 Å². The minimum absolute atomic E-state index is 0. The maximum atomic E-state index is 9.74. The van der Waals surface area contributed by atoms with Crippen LogP contribution in [-0.4, -0.2) is 101 Å². The van der Waals surface area contributed by atoms with Crippen molar-refractivity contribution in [1.29, 1.82) is 0 Å². The normalized spacial score (nSPS) is 11.7. The number of aliphatic hydroxyl groups excluding tert-OH is 4. The molecule has 14 N–H and O–H groups in total. The molecular weight excluding hydrogens is 470 g/mol. The number of hydrogen-bond donors (Lipinski definition) is 6. The van der Waals surface area contributed by atoms with Gasteiger partial charge >= 0.3 is 92.9 Å². The van der Waals surface area contributed by atoms with E-state index in [-0.39, 0.29) is 120 Å². The first kappa shape index (κ1) is 56.5. The van der Waals surface area contributed by atoms with Gasteiger partial charge in [0.05, 0.1) is 11.9 Å². The van der Waals surface area contributed by atoms with E-state index in [1.54, 1.807) is 0 Å². The molecule has 0 saturated heterocycles. The van der Waals surface area contributed by atoms with Gasteiger partial charge in [0.2, 0.25) is 0 Å². The number of carbonyl (C=O) groups is 4. The van der Waals surface area contributed by atoms with E-state index in [4.69, 9.17) is 30.6 Å². The second-order valence-corrected chi connectivity index (χ2v) is 3.09. The zero-order valence-electron chi connectivity index (χ0n) is 13.8. The van der Waals surface area contributed by atoms with Crippen molar-refractivity contribution in [1.82, 2.24) is 0 Å². The van der Waals surface area contributed by atoms with Crippen molar-refractivity contribution >= 4 is 23.9 Å². The van der Waals surface area contributed by atoms with Gasteiger partial charge in [0.25, 0.3) is 0 Å². The monoisotopic (exact) mass is 488 g/mol. The van der Waals surface area contributed by atoms with Crippen molar-refractivity contribution in [3.05, 3.63) is 0 Å². The predicted octanol–water partition coefficient (Wildman–Crippen LogP) is -16.2. The van der Waals surface area contributed by atoms with Crippen LogP contribution in [0.5, 0.6) is 0 Å². The summed E-state index contributed by atoms with van der Waals surface area (Å²) in [7, 11) is 0. The summed E-state index contributed by atoms with van der Waals surface area (Å²) in [4.78, 5) is 38.8. The average Bonchev–Trinajstić information content (AvgIpc) is 2.35. The van der Waals surface area contributed by atoms with E-state index in [1.807, 2.05) is 0 Å². The summed E-state index contributed by atoms with van der Waals surface area (Å²) in [5.41, 5.74) is 0. The van der Waals surface area contributed by atoms with Gasteiger partial charge in [0.15, 0.2) is 12.2 Å². The molecule has 0 aliphatic heterocycles. The Morgan fingerprint density at radius 2 is 0.741 bits per heavy atom. The van der Waals surface area contributed by atoms with Crippen LogP contribution in [0.2, 0.25) is 0 Å². The van der Waals surface area contributed by atoms with E-state index in [9.17, 15) is 29.4 Å². The second kappa shape index (κ2) is 28.9. The van der Waals surface area contributed by atoms with Gasteiger partial charge in [0, 0.05) is 17.1 Å². The van der Waals surface area contributed by atoms with E-state index in [0.717, 1.165) is 0 Å². The Kier molecular flexibility index (Phi) is 60.5. The summed E-state index contributed by atoms with van der Waals surface area (Å²) in [6, 6.07) is 0. The van der Waals surface area contributed by atoms with Crippen molar-refractivity contribution < 1.29 is 180 Å². The van der Waals surface area contributed by atoms with Crippen LogP contribution in [0.1, 0.15) is 0 Å². The number of hydrogen-bond acceptors (Lipinski definition) is 10. The molecule has 0 bridgehead atoms. The van der Waals surface area contributed by atoms with Crippen LogP contribution in [0.15, 0.2) is 0 Å². The second-order valence-electron chi connectivity index (χ2n) is 3.09. The molecule has 0 fully saturated rings. The Morgan fingerprint density at radius 1 is 0.593 bits per heavy atom. The quantitative estimate of drug-likeness (QED) is 0.190. The molecular formula is C8H18FeKNaO16. The molecule has 0 saturated carbocycles. The van der Waals surface area contributed by atoms with Gasteiger partial charge in [-0.3, -0.25) is 0 Å². The van der Waals surface area contributed by atoms with E-state index < -0.39 is 48.3 Å². The molecule has 0 radical (unpaired) electrons. The molecule has 4 atom stereocenters. The Labute approximate surface area is 225 Å². The first-order valence-corrected chi connectivity index (χ1v) is 4.53. The van der Waals surface area contributed by atoms with Crippen LogP contribution >= 0.6 is 0 Å². The van der Waals surface area contributed by atoms with Crippen molar-refractivity contribution in [3.8, 4) is 0 Å². The van der Waals surface area contributed by atoms with Crippen LogP contribution in [0.3, 0.4) is 0 Å². The molecule has 0 aliphatic rings. The standard InChI is InChI=1S/2C4H6O6.Fe.K.Na.4H2O/c2*5-1(3(7)8)2(6)4(9)10;;;;;;;/h2*1-2,5-6H,(H,7,8)(H,9,10);;;;4*1H2/q;;;2*+1;;;;/p-2. The van der Waals surface area contributed by atoms with Crippen LogP contribution in [0.4, 0.5) is 0 Å². The number of rotatable bonds is 6. The Morgan fingerprint density at radius 3 is 0.778 bits per heavy atom. The van der Waals surface area contributed by atoms with Crippen LogP contribution in [-0.2, 0) is 36.2 Å². The molecule has 0 rings (SSSR count). The molecule has 0 aliphatic carbocycles. The third kappa shape index (κ3) is 26.7. The van der Waals surface area contributed by atoms with Crippen molar-refractivity contribution in [2.45, 2.75) is 24.4 Å². The van der Waals surface area contributed by atoms with E-state index in [2.05, 4.69) is 0 Å². The van der Waals surface area contributed by atoms with Crippen molar-refractivity contribution in [3.63, 3.8) is 0 Å². The van der Waals surface area contributed by atoms with Crippen LogP contribution in [0, 0.1) is 0 Å². The zero-order chi connectivity index (χ0) is 16.6. The number of aliphatic hydroxyl groups is 4. The Bertz CT molecular complexity index is 325. The van der Waals surface area contributed by atoms with Crippen molar-refractivity contribution in [2.75, 3.05) is 0 Å². The van der Waals surface area contributed by atoms with E-state index >= 15 is 0 Å². The summed E-state index contributed by atoms with van der Waals surface area (Å²) in [5, 5.41) is 68.3. The average molecular weight is 488 g/mol. The van der Waals surface area contributed by atoms with Crippen molar-refractivity contribution in [2.24, 2.45) is 0 Å². The van der Waals surface area contributed by atoms with Gasteiger partial charge in [-0.25, -0.2) is 9.59 Å². The van der Waals surface area contributed by atoms with Crippen LogP contribution in [0.25, 0.3) is 0 Å². The van der Waals surface area contributed by atoms with Gasteiger partial charge in [-0.05, 0) is 0 Å². The smallest absolute Gasteiger partial charge is 0.547 e. The minimum atomic E-state index is -2.38. The molecule has 27 heavy (non-hydrogen) atoms. The zero-order valence-corrected chi connectivity index (χ0v) is 20.0. The molecule has 16 nitrogen and oxygen atoms in total. The maximum absolute atomic E-state index is 9.74. The minimum Gasteiger partial charge on any atom is -0.547 e. The fourth-order valence-electron chi connectivity index (χ4n) is 0.528. The summed E-state index contributed by atoms with van der Waals surface area (Å²) >= 11 is 0. The van der Waals surface area contributed by atoms with Crippen LogP contribution < -0.4 is 91.2 Å². The summed E-state index contributed by atoms with van der Waals surface area (Å²) < 4.78 is 0. The van der Waals surface area contributed by atoms with E-state index in [1.165, 1.54) is 0 Å². The SMILES string of the molecule is O.O.O.O.O=C([O-])C(O)C(O)C(=O)O.O=C([O-])C(O)C(O)C(=O)O.[Fe].[K+].[Na+]. The summed E-state index contributed by atoms with van der Waals surface area (Å²) in [6.07, 6.45) is -9.41. The third-order valence-corrected chi connectivity index (χ3v) is 1.59. The van der Waals surface area contributed by atoms with Gasteiger partial charge in [-0.2, -0.15) is 0 Å². The third-order valence-electron chi connectivity index (χ3n) is 1.59. The molecule has 0 amide bonds.